The van der Waals surface area contributed by atoms with Gasteiger partial charge in [0.05, 0.1) is 0 Å². The highest BCUT2D eigenvalue weighted by Crippen LogP contribution is 2.11. The summed E-state index contributed by atoms with van der Waals surface area (Å²) in [6, 6.07) is 6.89. The van der Waals surface area contributed by atoms with Gasteiger partial charge in [0.1, 0.15) is 5.82 Å². The number of hydrogen-bond acceptors (Lipinski definition) is 4. The molecule has 0 unspecified atom stereocenters. The van der Waals surface area contributed by atoms with Crippen LogP contribution in [0.1, 0.15) is 29.8 Å². The van der Waals surface area contributed by atoms with Gasteiger partial charge < -0.3 is 11.1 Å². The molecule has 0 aliphatic rings. The Labute approximate surface area is 105 Å². The van der Waals surface area contributed by atoms with Crippen LogP contribution in [0, 0.1) is 0 Å². The van der Waals surface area contributed by atoms with E-state index in [2.05, 4.69) is 20.5 Å². The quantitative estimate of drug-likeness (QED) is 0.712. The molecule has 0 radical (unpaired) electrons. The molecule has 0 fully saturated rings. The van der Waals surface area contributed by atoms with Crippen molar-refractivity contribution in [2.45, 2.75) is 19.8 Å². The molecule has 1 aromatic carbocycles. The third-order valence-electron chi connectivity index (χ3n) is 2.39. The van der Waals surface area contributed by atoms with Crippen molar-refractivity contribution in [1.82, 2.24) is 15.2 Å². The summed E-state index contributed by atoms with van der Waals surface area (Å²) in [4.78, 5) is 15.9. The van der Waals surface area contributed by atoms with Crippen molar-refractivity contribution in [3.8, 4) is 0 Å². The Kier molecular flexibility index (Phi) is 3.57. The van der Waals surface area contributed by atoms with Gasteiger partial charge in [0, 0.05) is 17.8 Å². The van der Waals surface area contributed by atoms with Crippen molar-refractivity contribution < 1.29 is 4.79 Å². The Balaban J connectivity index is 2.04. The third-order valence-corrected chi connectivity index (χ3v) is 2.39. The van der Waals surface area contributed by atoms with E-state index in [9.17, 15) is 4.79 Å². The van der Waals surface area contributed by atoms with E-state index in [1.807, 2.05) is 6.92 Å². The lowest BCUT2D eigenvalue weighted by molar-refractivity contribution is 0.101. The summed E-state index contributed by atoms with van der Waals surface area (Å²) in [7, 11) is 0. The van der Waals surface area contributed by atoms with Gasteiger partial charge in [-0.15, -0.1) is 5.10 Å². The van der Waals surface area contributed by atoms with Crippen molar-refractivity contribution in [3.05, 3.63) is 35.9 Å². The Morgan fingerprint density at radius 1 is 1.39 bits per heavy atom. The van der Waals surface area contributed by atoms with Crippen LogP contribution in [0.25, 0.3) is 0 Å². The molecule has 4 N–H and O–H groups in total. The first-order valence-electron chi connectivity index (χ1n) is 5.77. The summed E-state index contributed by atoms with van der Waals surface area (Å²) in [5.41, 5.74) is 6.88. The predicted molar refractivity (Wildman–Crippen MR) is 69.2 cm³/mol. The summed E-state index contributed by atoms with van der Waals surface area (Å²) in [5.74, 6) is 0.536. The SMILES string of the molecule is CCCc1nc(C(=O)Nc2ccc(N)cc2)n[nH]1. The zero-order valence-corrected chi connectivity index (χ0v) is 10.1. The molecule has 1 aromatic heterocycles. The van der Waals surface area contributed by atoms with E-state index in [0.29, 0.717) is 11.4 Å². The Morgan fingerprint density at radius 2 is 2.11 bits per heavy atom. The summed E-state index contributed by atoms with van der Waals surface area (Å²) < 4.78 is 0. The van der Waals surface area contributed by atoms with E-state index >= 15 is 0 Å². The van der Waals surface area contributed by atoms with Crippen molar-refractivity contribution in [3.63, 3.8) is 0 Å². The summed E-state index contributed by atoms with van der Waals surface area (Å²) in [6.07, 6.45) is 1.73. The van der Waals surface area contributed by atoms with Crippen LogP contribution >= 0.6 is 0 Å². The van der Waals surface area contributed by atoms with Crippen LogP contribution in [0.15, 0.2) is 24.3 Å². The molecule has 6 nitrogen and oxygen atoms in total. The van der Waals surface area contributed by atoms with Gasteiger partial charge in [0.2, 0.25) is 5.82 Å². The molecular weight excluding hydrogens is 230 g/mol. The zero-order chi connectivity index (χ0) is 13.0. The predicted octanol–water partition coefficient (Wildman–Crippen LogP) is 1.59. The summed E-state index contributed by atoms with van der Waals surface area (Å²) in [6.45, 7) is 2.04. The van der Waals surface area contributed by atoms with Gasteiger partial charge in [-0.3, -0.25) is 9.89 Å². The molecule has 0 saturated carbocycles. The largest absolute Gasteiger partial charge is 0.399 e. The molecule has 6 heteroatoms. The number of rotatable bonds is 4. The van der Waals surface area contributed by atoms with Crippen molar-refractivity contribution in [2.75, 3.05) is 11.1 Å². The lowest BCUT2D eigenvalue weighted by Gasteiger charge is -2.02. The third kappa shape index (κ3) is 2.85. The number of amides is 1. The number of aromatic amines is 1. The van der Waals surface area contributed by atoms with Gasteiger partial charge in [0.25, 0.3) is 5.91 Å². The number of carbonyl (C=O) groups is 1. The molecule has 1 amide bonds. The second-order valence-corrected chi connectivity index (χ2v) is 3.93. The highest BCUT2D eigenvalue weighted by molar-refractivity contribution is 6.01. The molecule has 2 rings (SSSR count). The minimum Gasteiger partial charge on any atom is -0.399 e. The van der Waals surface area contributed by atoms with E-state index in [1.54, 1.807) is 24.3 Å². The molecule has 0 bridgehead atoms. The van der Waals surface area contributed by atoms with E-state index in [0.717, 1.165) is 18.7 Å². The molecule has 0 spiro atoms. The van der Waals surface area contributed by atoms with E-state index < -0.39 is 0 Å². The molecule has 18 heavy (non-hydrogen) atoms. The molecule has 1 heterocycles. The number of H-pyrrole nitrogens is 1. The molecule has 94 valence electrons. The number of nitrogens with zero attached hydrogens (tertiary/aromatic N) is 2. The van der Waals surface area contributed by atoms with Crippen LogP contribution in [0.5, 0.6) is 0 Å². The maximum Gasteiger partial charge on any atom is 0.295 e. The molecule has 0 atom stereocenters. The fourth-order valence-electron chi connectivity index (χ4n) is 1.50. The smallest absolute Gasteiger partial charge is 0.295 e. The highest BCUT2D eigenvalue weighted by Gasteiger charge is 2.12. The number of benzene rings is 1. The molecule has 0 aliphatic carbocycles. The Bertz CT molecular complexity index is 532. The summed E-state index contributed by atoms with van der Waals surface area (Å²) >= 11 is 0. The molecule has 0 aliphatic heterocycles. The Morgan fingerprint density at radius 3 is 2.78 bits per heavy atom. The fourth-order valence-corrected chi connectivity index (χ4v) is 1.50. The number of hydrogen-bond donors (Lipinski definition) is 3. The van der Waals surface area contributed by atoms with Gasteiger partial charge in [-0.25, -0.2) is 4.98 Å². The Hall–Kier alpha value is -2.37. The van der Waals surface area contributed by atoms with Gasteiger partial charge >= 0.3 is 0 Å². The molecule has 2 aromatic rings. The second kappa shape index (κ2) is 5.31. The first-order chi connectivity index (χ1) is 8.69. The van der Waals surface area contributed by atoms with Crippen LogP contribution in [0.4, 0.5) is 11.4 Å². The number of nitrogens with one attached hydrogen (secondary N) is 2. The van der Waals surface area contributed by atoms with Crippen LogP contribution in [0.2, 0.25) is 0 Å². The average molecular weight is 245 g/mol. The highest BCUT2D eigenvalue weighted by atomic mass is 16.2. The van der Waals surface area contributed by atoms with E-state index in [4.69, 9.17) is 5.73 Å². The molecular formula is C12H15N5O. The molecule has 0 saturated heterocycles. The van der Waals surface area contributed by atoms with Crippen molar-refractivity contribution in [2.24, 2.45) is 0 Å². The number of aromatic nitrogens is 3. The van der Waals surface area contributed by atoms with Gasteiger partial charge in [-0.1, -0.05) is 6.92 Å². The number of nitrogen functional groups attached to an aromatic ring is 1. The van der Waals surface area contributed by atoms with Gasteiger partial charge in [-0.05, 0) is 30.7 Å². The van der Waals surface area contributed by atoms with E-state index in [-0.39, 0.29) is 11.7 Å². The number of aryl methyl sites for hydroxylation is 1. The van der Waals surface area contributed by atoms with Crippen LogP contribution < -0.4 is 11.1 Å². The first kappa shape index (κ1) is 12.1. The normalized spacial score (nSPS) is 10.3. The van der Waals surface area contributed by atoms with Gasteiger partial charge in [-0.2, -0.15) is 0 Å². The second-order valence-electron chi connectivity index (χ2n) is 3.93. The lowest BCUT2D eigenvalue weighted by Crippen LogP contribution is -2.13. The first-order valence-corrected chi connectivity index (χ1v) is 5.77. The number of anilines is 2. The summed E-state index contributed by atoms with van der Waals surface area (Å²) in [5, 5.41) is 9.32. The zero-order valence-electron chi connectivity index (χ0n) is 10.1. The standard InChI is InChI=1S/C12H15N5O/c1-2-3-10-15-11(17-16-10)12(18)14-9-6-4-8(13)5-7-9/h4-7H,2-3,13H2,1H3,(H,14,18)(H,15,16,17). The van der Waals surface area contributed by atoms with Crippen LogP contribution in [-0.4, -0.2) is 21.1 Å². The minimum atomic E-state index is -0.335. The monoisotopic (exact) mass is 245 g/mol. The average Bonchev–Trinajstić information content (AvgIpc) is 2.81. The van der Waals surface area contributed by atoms with Gasteiger partial charge in [0.15, 0.2) is 0 Å². The fraction of sp³-hybridized carbons (Fsp3) is 0.250. The topological polar surface area (TPSA) is 96.7 Å². The van der Waals surface area contributed by atoms with Crippen molar-refractivity contribution >= 4 is 17.3 Å². The maximum atomic E-state index is 11.8. The number of carbonyl (C=O) groups excluding carboxylic acids is 1. The minimum absolute atomic E-state index is 0.148. The lowest BCUT2D eigenvalue weighted by atomic mass is 10.3. The maximum absolute atomic E-state index is 11.8. The van der Waals surface area contributed by atoms with E-state index in [1.165, 1.54) is 0 Å². The van der Waals surface area contributed by atoms with Crippen LogP contribution in [-0.2, 0) is 6.42 Å². The van der Waals surface area contributed by atoms with Crippen LogP contribution in [0.3, 0.4) is 0 Å². The van der Waals surface area contributed by atoms with Crippen molar-refractivity contribution in [1.29, 1.82) is 0 Å². The number of nitrogens with two attached hydrogens (primary N) is 1.